The lowest BCUT2D eigenvalue weighted by Gasteiger charge is -2.12. The molecule has 5 nitrogen and oxygen atoms in total. The van der Waals surface area contributed by atoms with Crippen LogP contribution in [0, 0.1) is 6.92 Å². The molecule has 0 amide bonds. The number of hydrogen-bond acceptors (Lipinski definition) is 2. The lowest BCUT2D eigenvalue weighted by Crippen LogP contribution is -2.37. The number of guanidine groups is 1. The van der Waals surface area contributed by atoms with Gasteiger partial charge in [0, 0.05) is 26.0 Å². The van der Waals surface area contributed by atoms with Gasteiger partial charge in [-0.25, -0.2) is 4.98 Å². The summed E-state index contributed by atoms with van der Waals surface area (Å²) in [5, 5.41) is 6.10. The third-order valence-corrected chi connectivity index (χ3v) is 3.18. The molecule has 7 heteroatoms. The summed E-state index contributed by atoms with van der Waals surface area (Å²) in [7, 11) is 1.63. The maximum atomic E-state index is 12.7. The summed E-state index contributed by atoms with van der Waals surface area (Å²) < 4.78 is 26.3. The van der Waals surface area contributed by atoms with Crippen molar-refractivity contribution >= 4 is 5.96 Å². The van der Waals surface area contributed by atoms with Crippen molar-refractivity contribution in [2.24, 2.45) is 4.99 Å². The van der Waals surface area contributed by atoms with Crippen LogP contribution in [0.2, 0.25) is 0 Å². The van der Waals surface area contributed by atoms with Gasteiger partial charge in [-0.15, -0.1) is 0 Å². The molecule has 0 saturated carbocycles. The Bertz CT molecular complexity index is 619. The maximum absolute atomic E-state index is 12.7. The monoisotopic (exact) mass is 307 g/mol. The first kappa shape index (κ1) is 15.9. The highest BCUT2D eigenvalue weighted by molar-refractivity contribution is 5.79. The number of aliphatic imine (C=N–C) groups is 1. The van der Waals surface area contributed by atoms with Gasteiger partial charge in [0.1, 0.15) is 5.82 Å². The van der Waals surface area contributed by atoms with E-state index in [1.165, 1.54) is 18.0 Å². The number of nitrogens with zero attached hydrogens (tertiary/aromatic N) is 3. The maximum Gasteiger partial charge on any atom is 0.319 e. The van der Waals surface area contributed by atoms with Gasteiger partial charge in [0.05, 0.1) is 6.54 Å². The van der Waals surface area contributed by atoms with Crippen LogP contribution in [0.3, 0.4) is 0 Å². The number of benzene rings is 1. The summed E-state index contributed by atoms with van der Waals surface area (Å²) in [5.74, 6) is 0.790. The Morgan fingerprint density at radius 2 is 1.91 bits per heavy atom. The van der Waals surface area contributed by atoms with Gasteiger partial charge in [-0.1, -0.05) is 29.8 Å². The lowest BCUT2D eigenvalue weighted by molar-refractivity contribution is 0.0668. The van der Waals surface area contributed by atoms with Gasteiger partial charge in [-0.3, -0.25) is 9.56 Å². The van der Waals surface area contributed by atoms with Crippen LogP contribution in [0.5, 0.6) is 0 Å². The third kappa shape index (κ3) is 4.28. The Hall–Kier alpha value is -2.44. The molecule has 1 aromatic carbocycles. The van der Waals surface area contributed by atoms with Crippen molar-refractivity contribution in [1.82, 2.24) is 20.2 Å². The molecule has 2 aromatic rings. The van der Waals surface area contributed by atoms with Crippen molar-refractivity contribution in [3.8, 4) is 0 Å². The largest absolute Gasteiger partial charge is 0.352 e. The number of halogens is 2. The Kier molecular flexibility index (Phi) is 5.46. The van der Waals surface area contributed by atoms with E-state index in [2.05, 4.69) is 20.6 Å². The number of hydrogen-bond donors (Lipinski definition) is 2. The molecule has 0 unspecified atom stereocenters. The Morgan fingerprint density at radius 1 is 1.23 bits per heavy atom. The number of aromatic nitrogens is 2. The van der Waals surface area contributed by atoms with E-state index in [4.69, 9.17) is 0 Å². The zero-order valence-corrected chi connectivity index (χ0v) is 12.6. The van der Waals surface area contributed by atoms with E-state index in [0.717, 1.165) is 10.1 Å². The Morgan fingerprint density at radius 3 is 2.55 bits per heavy atom. The van der Waals surface area contributed by atoms with E-state index in [1.54, 1.807) is 7.05 Å². The molecule has 0 aliphatic carbocycles. The van der Waals surface area contributed by atoms with Crippen LogP contribution in [0.15, 0.2) is 41.7 Å². The molecule has 0 saturated heterocycles. The minimum atomic E-state index is -2.60. The highest BCUT2D eigenvalue weighted by Crippen LogP contribution is 2.11. The highest BCUT2D eigenvalue weighted by Gasteiger charge is 2.11. The van der Waals surface area contributed by atoms with Crippen molar-refractivity contribution in [3.63, 3.8) is 0 Å². The van der Waals surface area contributed by atoms with Gasteiger partial charge in [0.2, 0.25) is 0 Å². The molecule has 2 N–H and O–H groups in total. The number of alkyl halides is 2. The van der Waals surface area contributed by atoms with Crippen LogP contribution in [-0.2, 0) is 13.1 Å². The average Bonchev–Trinajstić information content (AvgIpc) is 2.98. The fourth-order valence-corrected chi connectivity index (χ4v) is 1.93. The zero-order chi connectivity index (χ0) is 15.9. The van der Waals surface area contributed by atoms with E-state index in [-0.39, 0.29) is 12.4 Å². The molecule has 2 rings (SSSR count). The van der Waals surface area contributed by atoms with Gasteiger partial charge in [0.25, 0.3) is 0 Å². The molecule has 0 spiro atoms. The normalized spacial score (nSPS) is 11.8. The standard InChI is InChI=1S/C15H19F2N5/c1-11-3-5-12(6-4-11)9-20-15(18-2)21-10-13-19-7-8-22(13)14(16)17/h3-8,14H,9-10H2,1-2H3,(H2,18,20,21). The number of aryl methyl sites for hydroxylation is 1. The topological polar surface area (TPSA) is 54.2 Å². The van der Waals surface area contributed by atoms with Crippen molar-refractivity contribution in [2.45, 2.75) is 26.6 Å². The molecule has 0 atom stereocenters. The fraction of sp³-hybridized carbons (Fsp3) is 0.333. The minimum Gasteiger partial charge on any atom is -0.352 e. The van der Waals surface area contributed by atoms with Crippen LogP contribution < -0.4 is 10.6 Å². The molecule has 0 aliphatic rings. The number of nitrogens with one attached hydrogen (secondary N) is 2. The second-order valence-electron chi connectivity index (χ2n) is 4.79. The summed E-state index contributed by atoms with van der Waals surface area (Å²) in [4.78, 5) is 7.97. The molecule has 22 heavy (non-hydrogen) atoms. The zero-order valence-electron chi connectivity index (χ0n) is 12.6. The lowest BCUT2D eigenvalue weighted by atomic mass is 10.1. The second-order valence-corrected chi connectivity index (χ2v) is 4.79. The smallest absolute Gasteiger partial charge is 0.319 e. The second kappa shape index (κ2) is 7.53. The highest BCUT2D eigenvalue weighted by atomic mass is 19.3. The van der Waals surface area contributed by atoms with E-state index in [0.29, 0.717) is 12.5 Å². The van der Waals surface area contributed by atoms with Crippen LogP contribution in [-0.4, -0.2) is 22.6 Å². The summed E-state index contributed by atoms with van der Waals surface area (Å²) in [5.41, 5.74) is 2.31. The first-order valence-electron chi connectivity index (χ1n) is 6.90. The first-order chi connectivity index (χ1) is 10.6. The Labute approximate surface area is 128 Å². The Balaban J connectivity index is 1.87. The molecule has 0 fully saturated rings. The average molecular weight is 307 g/mol. The molecule has 118 valence electrons. The van der Waals surface area contributed by atoms with Crippen LogP contribution in [0.1, 0.15) is 23.5 Å². The quantitative estimate of drug-likeness (QED) is 0.659. The molecule has 0 radical (unpaired) electrons. The van der Waals surface area contributed by atoms with E-state index >= 15 is 0 Å². The van der Waals surface area contributed by atoms with Gasteiger partial charge >= 0.3 is 6.55 Å². The van der Waals surface area contributed by atoms with Crippen LogP contribution >= 0.6 is 0 Å². The van der Waals surface area contributed by atoms with E-state index in [1.807, 2.05) is 31.2 Å². The number of rotatable bonds is 5. The van der Waals surface area contributed by atoms with Gasteiger partial charge < -0.3 is 10.6 Å². The molecule has 1 aromatic heterocycles. The van der Waals surface area contributed by atoms with Crippen LogP contribution in [0.25, 0.3) is 0 Å². The van der Waals surface area contributed by atoms with Crippen molar-refractivity contribution in [2.75, 3.05) is 7.05 Å². The van der Waals surface area contributed by atoms with Crippen molar-refractivity contribution in [1.29, 1.82) is 0 Å². The fourth-order valence-electron chi connectivity index (χ4n) is 1.93. The predicted octanol–water partition coefficient (Wildman–Crippen LogP) is 2.45. The molecule has 1 heterocycles. The molecular formula is C15H19F2N5. The minimum absolute atomic E-state index is 0.172. The molecule has 0 aliphatic heterocycles. The van der Waals surface area contributed by atoms with E-state index in [9.17, 15) is 8.78 Å². The van der Waals surface area contributed by atoms with E-state index < -0.39 is 6.55 Å². The van der Waals surface area contributed by atoms with Gasteiger partial charge in [-0.05, 0) is 12.5 Å². The third-order valence-electron chi connectivity index (χ3n) is 3.18. The predicted molar refractivity (Wildman–Crippen MR) is 81.7 cm³/mol. The van der Waals surface area contributed by atoms with Crippen LogP contribution in [0.4, 0.5) is 8.78 Å². The first-order valence-corrected chi connectivity index (χ1v) is 6.90. The summed E-state index contributed by atoms with van der Waals surface area (Å²) in [6.07, 6.45) is 2.61. The summed E-state index contributed by atoms with van der Waals surface area (Å²) in [6, 6.07) is 8.12. The summed E-state index contributed by atoms with van der Waals surface area (Å²) in [6.45, 7) is 0.207. The van der Waals surface area contributed by atoms with Gasteiger partial charge in [0.15, 0.2) is 5.96 Å². The van der Waals surface area contributed by atoms with Crippen molar-refractivity contribution < 1.29 is 8.78 Å². The SMILES string of the molecule is CN=C(NCc1ccc(C)cc1)NCc1nccn1C(F)F. The summed E-state index contributed by atoms with van der Waals surface area (Å²) >= 11 is 0. The molecular weight excluding hydrogens is 288 g/mol. The number of imidazole rings is 1. The van der Waals surface area contributed by atoms with Crippen molar-refractivity contribution in [3.05, 3.63) is 53.6 Å². The molecule has 0 bridgehead atoms. The van der Waals surface area contributed by atoms with Gasteiger partial charge in [-0.2, -0.15) is 8.78 Å².